The number of ether oxygens (including phenoxy) is 1. The number of nitrogens with one attached hydrogen (secondary N) is 1. The molecule has 9 nitrogen and oxygen atoms in total. The zero-order chi connectivity index (χ0) is 59.3. The average Bonchev–Trinajstić information content (AvgIpc) is 3.44. The third kappa shape index (κ3) is 61.3. The van der Waals surface area contributed by atoms with Crippen molar-refractivity contribution in [1.82, 2.24) is 5.32 Å². The predicted molar refractivity (Wildman–Crippen MR) is 350 cm³/mol. The van der Waals surface area contributed by atoms with E-state index >= 15 is 0 Å². The van der Waals surface area contributed by atoms with Crippen LogP contribution in [0.1, 0.15) is 290 Å². The van der Waals surface area contributed by atoms with Gasteiger partial charge in [-0.3, -0.25) is 18.6 Å². The van der Waals surface area contributed by atoms with E-state index in [2.05, 4.69) is 111 Å². The molecule has 0 aromatic rings. The number of rotatable bonds is 60. The van der Waals surface area contributed by atoms with Crippen LogP contribution in [0.25, 0.3) is 0 Å². The number of quaternary nitrogens is 1. The number of unbranched alkanes of at least 4 members (excludes halogenated alkanes) is 30. The number of carbonyl (C=O) groups excluding carboxylic acids is 2. The third-order valence-electron chi connectivity index (χ3n) is 14.5. The molecule has 0 aromatic carbocycles. The summed E-state index contributed by atoms with van der Waals surface area (Å²) >= 11 is 0. The summed E-state index contributed by atoms with van der Waals surface area (Å²) in [6.45, 7) is 6.89. The number of likely N-dealkylation sites (N-methyl/N-ethyl adjacent to an activating group) is 1. The first-order valence-corrected chi connectivity index (χ1v) is 35.1. The van der Waals surface area contributed by atoms with Gasteiger partial charge in [-0.25, -0.2) is 4.57 Å². The highest BCUT2D eigenvalue weighted by molar-refractivity contribution is 7.47. The number of phosphoric ester groups is 1. The van der Waals surface area contributed by atoms with Crippen LogP contribution in [0.4, 0.5) is 0 Å². The van der Waals surface area contributed by atoms with Crippen molar-refractivity contribution >= 4 is 19.7 Å². The normalized spacial score (nSPS) is 14.2. The van der Waals surface area contributed by atoms with Gasteiger partial charge in [-0.15, -0.1) is 0 Å². The fraction of sp³-hybridized carbons (Fsp3) is 0.746. The van der Waals surface area contributed by atoms with Crippen LogP contribution in [0, 0.1) is 0 Å². The second-order valence-corrected chi connectivity index (χ2v) is 25.1. The SMILES string of the molecule is CC/C=C\C/C=C\C/C=C\C/C=C\C/C=C\C/C=C\CCCCCCC(=O)NC(COP(=O)(O)OCC[N+](C)(C)C)C(/C=C\CCCCCCCCCCCCC)OC(=O)CCCCCCCCCCC/C=C/CCCCCCCC. The molecular weight excluding hydrogens is 1020 g/mol. The van der Waals surface area contributed by atoms with Crippen LogP contribution in [0.2, 0.25) is 0 Å². The number of hydrogen-bond donors (Lipinski definition) is 2. The molecule has 3 unspecified atom stereocenters. The first-order chi connectivity index (χ1) is 39.4. The van der Waals surface area contributed by atoms with Gasteiger partial charge >= 0.3 is 13.8 Å². The first kappa shape index (κ1) is 77.9. The minimum Gasteiger partial charge on any atom is -0.456 e. The maximum atomic E-state index is 13.6. The smallest absolute Gasteiger partial charge is 0.456 e. The Hall–Kier alpha value is -3.07. The molecule has 81 heavy (non-hydrogen) atoms. The van der Waals surface area contributed by atoms with E-state index in [1.165, 1.54) is 148 Å². The van der Waals surface area contributed by atoms with E-state index in [1.54, 1.807) is 0 Å². The molecule has 2 N–H and O–H groups in total. The van der Waals surface area contributed by atoms with Gasteiger partial charge in [-0.05, 0) is 109 Å². The molecule has 0 aliphatic rings. The van der Waals surface area contributed by atoms with Gasteiger partial charge in [-0.2, -0.15) is 0 Å². The molecule has 0 saturated heterocycles. The number of carbonyl (C=O) groups is 2. The minimum atomic E-state index is -4.47. The summed E-state index contributed by atoms with van der Waals surface area (Å²) in [5, 5.41) is 3.05. The van der Waals surface area contributed by atoms with Crippen LogP contribution < -0.4 is 5.32 Å². The summed E-state index contributed by atoms with van der Waals surface area (Å²) in [4.78, 5) is 37.8. The zero-order valence-electron chi connectivity index (χ0n) is 53.5. The lowest BCUT2D eigenvalue weighted by Gasteiger charge is -2.27. The number of allylic oxidation sites excluding steroid dienone is 15. The Balaban J connectivity index is 5.26. The summed E-state index contributed by atoms with van der Waals surface area (Å²) in [7, 11) is 1.47. The predicted octanol–water partition coefficient (Wildman–Crippen LogP) is 21.1. The van der Waals surface area contributed by atoms with Crippen molar-refractivity contribution in [2.45, 2.75) is 303 Å². The van der Waals surface area contributed by atoms with Crippen molar-refractivity contribution in [3.8, 4) is 0 Å². The molecule has 0 spiro atoms. The first-order valence-electron chi connectivity index (χ1n) is 33.6. The third-order valence-corrected chi connectivity index (χ3v) is 15.5. The van der Waals surface area contributed by atoms with Gasteiger partial charge in [0.2, 0.25) is 5.91 Å². The van der Waals surface area contributed by atoms with Crippen molar-refractivity contribution < 1.29 is 37.3 Å². The average molecular weight is 1150 g/mol. The second-order valence-electron chi connectivity index (χ2n) is 23.6. The monoisotopic (exact) mass is 1150 g/mol. The number of nitrogens with zero attached hydrogens (tertiary/aromatic N) is 1. The Morgan fingerprint density at radius 1 is 0.444 bits per heavy atom. The van der Waals surface area contributed by atoms with E-state index in [0.29, 0.717) is 23.9 Å². The molecule has 0 heterocycles. The molecule has 0 aliphatic heterocycles. The van der Waals surface area contributed by atoms with Crippen LogP contribution in [0.5, 0.6) is 0 Å². The van der Waals surface area contributed by atoms with Gasteiger partial charge in [0.15, 0.2) is 0 Å². The van der Waals surface area contributed by atoms with Crippen LogP contribution in [0.15, 0.2) is 97.2 Å². The summed E-state index contributed by atoms with van der Waals surface area (Å²) in [6.07, 6.45) is 81.2. The molecule has 0 aromatic heterocycles. The van der Waals surface area contributed by atoms with Crippen LogP contribution in [-0.2, 0) is 27.9 Å². The van der Waals surface area contributed by atoms with Gasteiger partial charge in [0.25, 0.3) is 0 Å². The zero-order valence-corrected chi connectivity index (χ0v) is 54.4. The molecule has 0 saturated carbocycles. The molecule has 0 rings (SSSR count). The minimum absolute atomic E-state index is 0.0307. The summed E-state index contributed by atoms with van der Waals surface area (Å²) in [5.41, 5.74) is 0. The molecule has 1 amide bonds. The van der Waals surface area contributed by atoms with Gasteiger partial charge in [0.1, 0.15) is 19.3 Å². The Morgan fingerprint density at radius 3 is 1.20 bits per heavy atom. The molecular formula is C71H128N2O7P+. The standard InChI is InChI=1S/C71H127N2O7P/c1-7-10-13-16-19-22-25-28-30-32-34-35-36-37-39-40-42-45-48-51-54-57-60-63-70(74)72-68(67-79-81(76,77)78-66-65-73(4,5)6)69(62-59-56-53-50-47-44-27-24-21-18-15-12-9-3)80-71(75)64-61-58-55-52-49-46-43-41-38-33-31-29-26-23-20-17-14-11-8-2/h10,13,19,22,28-31,34-35,37,39,42,45,59,62,68-69H,7-9,11-12,14-18,20-21,23-27,32-33,36,38,40-41,43-44,46-58,60-61,63-67H2,1-6H3,(H-,72,74,76,77)/p+1/b13-10-,22-19-,30-28-,31-29+,35-34-,39-37-,45-42-,62-59-. The fourth-order valence-corrected chi connectivity index (χ4v) is 10.1. The van der Waals surface area contributed by atoms with Gasteiger partial charge in [0, 0.05) is 12.8 Å². The maximum Gasteiger partial charge on any atom is 0.472 e. The maximum absolute atomic E-state index is 13.6. The fourth-order valence-electron chi connectivity index (χ4n) is 9.35. The van der Waals surface area contributed by atoms with Crippen molar-refractivity contribution in [3.05, 3.63) is 97.2 Å². The van der Waals surface area contributed by atoms with Gasteiger partial charge < -0.3 is 19.4 Å². The Morgan fingerprint density at radius 2 is 0.790 bits per heavy atom. The van der Waals surface area contributed by atoms with E-state index in [9.17, 15) is 19.0 Å². The van der Waals surface area contributed by atoms with Crippen LogP contribution in [0.3, 0.4) is 0 Å². The number of hydrogen-bond acceptors (Lipinski definition) is 6. The van der Waals surface area contributed by atoms with E-state index in [1.807, 2.05) is 33.3 Å². The molecule has 468 valence electrons. The number of phosphoric acid groups is 1. The van der Waals surface area contributed by atoms with Gasteiger partial charge in [-0.1, -0.05) is 266 Å². The summed E-state index contributed by atoms with van der Waals surface area (Å²) < 4.78 is 30.8. The van der Waals surface area contributed by atoms with Crippen molar-refractivity contribution in [2.75, 3.05) is 40.9 Å². The highest BCUT2D eigenvalue weighted by atomic mass is 31.2. The van der Waals surface area contributed by atoms with Crippen molar-refractivity contribution in [1.29, 1.82) is 0 Å². The summed E-state index contributed by atoms with van der Waals surface area (Å²) in [6, 6.07) is -0.869. The van der Waals surface area contributed by atoms with Crippen molar-refractivity contribution in [2.24, 2.45) is 0 Å². The highest BCUT2D eigenvalue weighted by Crippen LogP contribution is 2.43. The Labute approximate surface area is 500 Å². The Kier molecular flexibility index (Phi) is 57.8. The van der Waals surface area contributed by atoms with E-state index in [0.717, 1.165) is 103 Å². The molecule has 0 bridgehead atoms. The lowest BCUT2D eigenvalue weighted by molar-refractivity contribution is -0.870. The number of esters is 1. The highest BCUT2D eigenvalue weighted by Gasteiger charge is 2.30. The summed E-state index contributed by atoms with van der Waals surface area (Å²) in [5.74, 6) is -0.535. The topological polar surface area (TPSA) is 111 Å². The second kappa shape index (κ2) is 60.1. The lowest BCUT2D eigenvalue weighted by Crippen LogP contribution is -2.47. The van der Waals surface area contributed by atoms with Crippen molar-refractivity contribution in [3.63, 3.8) is 0 Å². The van der Waals surface area contributed by atoms with E-state index in [4.69, 9.17) is 13.8 Å². The van der Waals surface area contributed by atoms with Crippen LogP contribution >= 0.6 is 7.82 Å². The number of amides is 1. The molecule has 0 fully saturated rings. The quantitative estimate of drug-likeness (QED) is 0.0205. The molecule has 0 radical (unpaired) electrons. The van der Waals surface area contributed by atoms with E-state index in [-0.39, 0.29) is 31.5 Å². The lowest BCUT2D eigenvalue weighted by atomic mass is 10.0. The Bertz CT molecular complexity index is 1710. The molecule has 10 heteroatoms. The van der Waals surface area contributed by atoms with Crippen LogP contribution in [-0.4, -0.2) is 74.3 Å². The largest absolute Gasteiger partial charge is 0.472 e. The van der Waals surface area contributed by atoms with Gasteiger partial charge in [0.05, 0.1) is 33.8 Å². The molecule has 0 aliphatic carbocycles. The van der Waals surface area contributed by atoms with E-state index < -0.39 is 20.0 Å². The molecule has 3 atom stereocenters.